The predicted molar refractivity (Wildman–Crippen MR) is 103 cm³/mol. The highest BCUT2D eigenvalue weighted by molar-refractivity contribution is 5.84. The van der Waals surface area contributed by atoms with Gasteiger partial charge in [-0.25, -0.2) is 9.97 Å². The third kappa shape index (κ3) is 3.22. The van der Waals surface area contributed by atoms with Crippen LogP contribution in [0.4, 0.5) is 0 Å². The molecular weight excluding hydrogens is 340 g/mol. The summed E-state index contributed by atoms with van der Waals surface area (Å²) < 4.78 is 2.15. The van der Waals surface area contributed by atoms with Gasteiger partial charge in [0.1, 0.15) is 24.0 Å². The second-order valence-corrected chi connectivity index (χ2v) is 7.13. The maximum Gasteiger partial charge on any atom is 0.245 e. The lowest BCUT2D eigenvalue weighted by Gasteiger charge is -2.34. The number of hydrogen-bond acceptors (Lipinski definition) is 4. The number of fused-ring (bicyclic) bond motifs is 1. The molecule has 1 amide bonds. The first kappa shape index (κ1) is 17.7. The normalized spacial score (nSPS) is 16.7. The minimum Gasteiger partial charge on any atom is -0.341 e. The smallest absolute Gasteiger partial charge is 0.245 e. The molecule has 7 nitrogen and oxygen atoms in total. The molecule has 2 aromatic heterocycles. The minimum absolute atomic E-state index is 0.200. The van der Waals surface area contributed by atoms with Gasteiger partial charge in [-0.15, -0.1) is 0 Å². The number of aromatic amines is 1. The largest absolute Gasteiger partial charge is 0.341 e. The number of imidazole rings is 1. The number of likely N-dealkylation sites (tertiary alicyclic amines) is 1. The van der Waals surface area contributed by atoms with Crippen molar-refractivity contribution in [1.29, 1.82) is 0 Å². The Labute approximate surface area is 158 Å². The van der Waals surface area contributed by atoms with Crippen LogP contribution in [0.15, 0.2) is 30.6 Å². The van der Waals surface area contributed by atoms with Crippen LogP contribution in [0, 0.1) is 0 Å². The fourth-order valence-electron chi connectivity index (χ4n) is 4.15. The van der Waals surface area contributed by atoms with E-state index in [2.05, 4.69) is 39.7 Å². The maximum absolute atomic E-state index is 13.4. The van der Waals surface area contributed by atoms with Crippen molar-refractivity contribution in [3.05, 3.63) is 42.2 Å². The molecule has 3 aromatic rings. The molecule has 1 N–H and O–H groups in total. The average molecular weight is 366 g/mol. The van der Waals surface area contributed by atoms with E-state index in [4.69, 9.17) is 4.98 Å². The summed E-state index contributed by atoms with van der Waals surface area (Å²) in [6.45, 7) is 5.69. The molecule has 0 aliphatic carbocycles. The van der Waals surface area contributed by atoms with Crippen LogP contribution in [0.25, 0.3) is 11.0 Å². The number of piperidine rings is 1. The number of amides is 1. The first-order chi connectivity index (χ1) is 13.2. The Morgan fingerprint density at radius 1 is 1.26 bits per heavy atom. The highest BCUT2D eigenvalue weighted by Crippen LogP contribution is 2.29. The van der Waals surface area contributed by atoms with Crippen LogP contribution >= 0.6 is 0 Å². The zero-order valence-corrected chi connectivity index (χ0v) is 15.9. The molecule has 1 fully saturated rings. The predicted octanol–water partition coefficient (Wildman–Crippen LogP) is 3.07. The van der Waals surface area contributed by atoms with Crippen molar-refractivity contribution in [3.63, 3.8) is 0 Å². The summed E-state index contributed by atoms with van der Waals surface area (Å²) >= 11 is 0. The van der Waals surface area contributed by atoms with E-state index in [1.807, 2.05) is 23.1 Å². The molecule has 0 spiro atoms. The summed E-state index contributed by atoms with van der Waals surface area (Å²) in [5, 5.41) is 6.91. The lowest BCUT2D eigenvalue weighted by molar-refractivity contribution is -0.136. The van der Waals surface area contributed by atoms with E-state index in [0.29, 0.717) is 5.92 Å². The summed E-state index contributed by atoms with van der Waals surface area (Å²) in [6.07, 6.45) is 4.96. The molecule has 0 saturated carbocycles. The Balaban J connectivity index is 1.56. The van der Waals surface area contributed by atoms with E-state index < -0.39 is 0 Å². The van der Waals surface area contributed by atoms with Gasteiger partial charge in [0.05, 0.1) is 11.0 Å². The number of aryl methyl sites for hydroxylation is 1. The summed E-state index contributed by atoms with van der Waals surface area (Å²) in [4.78, 5) is 24.4. The third-order valence-electron chi connectivity index (χ3n) is 5.60. The van der Waals surface area contributed by atoms with E-state index in [1.54, 1.807) is 6.33 Å². The molecule has 0 bridgehead atoms. The number of nitrogens with one attached hydrogen (secondary N) is 1. The van der Waals surface area contributed by atoms with Gasteiger partial charge in [-0.3, -0.25) is 9.89 Å². The Kier molecular flexibility index (Phi) is 4.92. The standard InChI is InChI=1S/C20H26N6O/c1-3-16(26-17-8-6-5-7-15(17)23-18(26)4-2)20(27)25-11-9-14(10-12-25)19-21-13-22-24-19/h5-8,13-14,16H,3-4,9-12H2,1-2H3,(H,21,22,24)/t16-/m1/s1. The van der Waals surface area contributed by atoms with E-state index >= 15 is 0 Å². The van der Waals surface area contributed by atoms with E-state index in [0.717, 1.165) is 61.5 Å². The molecule has 7 heteroatoms. The molecule has 27 heavy (non-hydrogen) atoms. The monoisotopic (exact) mass is 366 g/mol. The van der Waals surface area contributed by atoms with Gasteiger partial charge in [0.2, 0.25) is 5.91 Å². The highest BCUT2D eigenvalue weighted by Gasteiger charge is 2.31. The van der Waals surface area contributed by atoms with Gasteiger partial charge in [-0.2, -0.15) is 5.10 Å². The van der Waals surface area contributed by atoms with Crippen molar-refractivity contribution >= 4 is 16.9 Å². The maximum atomic E-state index is 13.4. The van der Waals surface area contributed by atoms with Crippen LogP contribution in [0.1, 0.15) is 56.7 Å². The van der Waals surface area contributed by atoms with Gasteiger partial charge < -0.3 is 9.47 Å². The minimum atomic E-state index is -0.200. The van der Waals surface area contributed by atoms with Crippen molar-refractivity contribution in [2.75, 3.05) is 13.1 Å². The first-order valence-electron chi connectivity index (χ1n) is 9.82. The first-order valence-corrected chi connectivity index (χ1v) is 9.82. The zero-order valence-electron chi connectivity index (χ0n) is 15.9. The summed E-state index contributed by atoms with van der Waals surface area (Å²) in [5.74, 6) is 2.47. The molecule has 4 rings (SSSR count). The van der Waals surface area contributed by atoms with Gasteiger partial charge in [-0.1, -0.05) is 26.0 Å². The Bertz CT molecular complexity index is 908. The average Bonchev–Trinajstić information content (AvgIpc) is 3.37. The highest BCUT2D eigenvalue weighted by atomic mass is 16.2. The number of carbonyl (C=O) groups is 1. The second kappa shape index (κ2) is 7.50. The second-order valence-electron chi connectivity index (χ2n) is 7.13. The number of carbonyl (C=O) groups excluding carboxylic acids is 1. The number of aromatic nitrogens is 5. The Morgan fingerprint density at radius 2 is 2.04 bits per heavy atom. The van der Waals surface area contributed by atoms with Gasteiger partial charge >= 0.3 is 0 Å². The SMILES string of the molecule is CCc1nc2ccccc2n1[C@H](CC)C(=O)N1CCC(c2ncn[nH]2)CC1. The molecule has 1 saturated heterocycles. The Morgan fingerprint density at radius 3 is 2.70 bits per heavy atom. The summed E-state index contributed by atoms with van der Waals surface area (Å²) in [5.41, 5.74) is 2.01. The molecule has 142 valence electrons. The molecule has 1 aliphatic rings. The number of H-pyrrole nitrogens is 1. The molecule has 1 aliphatic heterocycles. The lowest BCUT2D eigenvalue weighted by Crippen LogP contribution is -2.42. The fourth-order valence-corrected chi connectivity index (χ4v) is 4.15. The van der Waals surface area contributed by atoms with Crippen LogP contribution in [0.2, 0.25) is 0 Å². The van der Waals surface area contributed by atoms with E-state index in [9.17, 15) is 4.79 Å². The van der Waals surface area contributed by atoms with E-state index in [-0.39, 0.29) is 11.9 Å². The summed E-state index contributed by atoms with van der Waals surface area (Å²) in [7, 11) is 0. The molecule has 1 aromatic carbocycles. The number of rotatable bonds is 5. The van der Waals surface area contributed by atoms with Crippen LogP contribution in [-0.4, -0.2) is 48.6 Å². The van der Waals surface area contributed by atoms with Crippen molar-refractivity contribution in [3.8, 4) is 0 Å². The van der Waals surface area contributed by atoms with E-state index in [1.165, 1.54) is 0 Å². The molecule has 1 atom stereocenters. The topological polar surface area (TPSA) is 79.7 Å². The fraction of sp³-hybridized carbons (Fsp3) is 0.500. The van der Waals surface area contributed by atoms with Crippen LogP contribution in [0.3, 0.4) is 0 Å². The van der Waals surface area contributed by atoms with Gasteiger partial charge in [0.25, 0.3) is 0 Å². The van der Waals surface area contributed by atoms with Crippen LogP contribution in [0.5, 0.6) is 0 Å². The van der Waals surface area contributed by atoms with Crippen LogP contribution < -0.4 is 0 Å². The van der Waals surface area contributed by atoms with Crippen LogP contribution in [-0.2, 0) is 11.2 Å². The van der Waals surface area contributed by atoms with Gasteiger partial charge in [-0.05, 0) is 31.4 Å². The third-order valence-corrected chi connectivity index (χ3v) is 5.60. The summed E-state index contributed by atoms with van der Waals surface area (Å²) in [6, 6.07) is 7.89. The quantitative estimate of drug-likeness (QED) is 0.752. The molecule has 0 radical (unpaired) electrons. The van der Waals surface area contributed by atoms with Gasteiger partial charge in [0, 0.05) is 25.4 Å². The number of para-hydroxylation sites is 2. The number of nitrogens with zero attached hydrogens (tertiary/aromatic N) is 5. The lowest BCUT2D eigenvalue weighted by atomic mass is 9.95. The van der Waals surface area contributed by atoms with Crippen molar-refractivity contribution in [2.45, 2.75) is 51.5 Å². The number of benzene rings is 1. The zero-order chi connectivity index (χ0) is 18.8. The van der Waals surface area contributed by atoms with Crippen molar-refractivity contribution in [2.24, 2.45) is 0 Å². The Hall–Kier alpha value is -2.70. The number of hydrogen-bond donors (Lipinski definition) is 1. The molecule has 3 heterocycles. The van der Waals surface area contributed by atoms with Crippen molar-refractivity contribution < 1.29 is 4.79 Å². The van der Waals surface area contributed by atoms with Gasteiger partial charge in [0.15, 0.2) is 0 Å². The molecular formula is C20H26N6O. The van der Waals surface area contributed by atoms with Crippen molar-refractivity contribution in [1.82, 2.24) is 29.6 Å². The molecule has 0 unspecified atom stereocenters.